The van der Waals surface area contributed by atoms with Gasteiger partial charge in [-0.3, -0.25) is 0 Å². The van der Waals surface area contributed by atoms with Gasteiger partial charge in [0.2, 0.25) is 0 Å². The first-order chi connectivity index (χ1) is 9.77. The van der Waals surface area contributed by atoms with Gasteiger partial charge in [-0.1, -0.05) is 79.2 Å². The van der Waals surface area contributed by atoms with Crippen LogP contribution < -0.4 is 0 Å². The topological polar surface area (TPSA) is 0 Å². The molecule has 2 aromatic rings. The first-order valence-corrected chi connectivity index (χ1v) is 8.49. The maximum Gasteiger partial charge on any atom is 0.0435 e. The van der Waals surface area contributed by atoms with Crippen molar-refractivity contribution in [3.63, 3.8) is 0 Å². The Labute approximate surface area is 137 Å². The number of rotatable bonds is 3. The SMILES string of the molecule is Cc1ccc(CC(Br)c2ccc(C(C)(C)C)cc2)cc1C. The average Bonchev–Trinajstić information content (AvgIpc) is 2.42. The van der Waals surface area contributed by atoms with Gasteiger partial charge in [0.1, 0.15) is 0 Å². The Balaban J connectivity index is 2.13. The van der Waals surface area contributed by atoms with Crippen LogP contribution in [0.3, 0.4) is 0 Å². The van der Waals surface area contributed by atoms with E-state index in [4.69, 9.17) is 0 Å². The Hall–Kier alpha value is -1.08. The predicted octanol–water partition coefficient (Wildman–Crippen LogP) is 6.28. The third kappa shape index (κ3) is 4.20. The van der Waals surface area contributed by atoms with E-state index in [-0.39, 0.29) is 5.41 Å². The molecule has 1 atom stereocenters. The van der Waals surface area contributed by atoms with Crippen molar-refractivity contribution in [1.82, 2.24) is 0 Å². The van der Waals surface area contributed by atoms with Gasteiger partial charge in [0, 0.05) is 4.83 Å². The van der Waals surface area contributed by atoms with E-state index in [0.29, 0.717) is 4.83 Å². The molecule has 0 spiro atoms. The van der Waals surface area contributed by atoms with Crippen molar-refractivity contribution in [2.75, 3.05) is 0 Å². The molecule has 0 radical (unpaired) electrons. The lowest BCUT2D eigenvalue weighted by atomic mass is 9.86. The van der Waals surface area contributed by atoms with E-state index in [1.165, 1.54) is 27.8 Å². The summed E-state index contributed by atoms with van der Waals surface area (Å²) in [5.74, 6) is 0. The van der Waals surface area contributed by atoms with E-state index in [1.54, 1.807) is 0 Å². The smallest absolute Gasteiger partial charge is 0.0435 e. The van der Waals surface area contributed by atoms with Crippen LogP contribution in [0.15, 0.2) is 42.5 Å². The van der Waals surface area contributed by atoms with Gasteiger partial charge in [0.25, 0.3) is 0 Å². The number of benzene rings is 2. The molecule has 1 unspecified atom stereocenters. The van der Waals surface area contributed by atoms with Crippen LogP contribution in [0.4, 0.5) is 0 Å². The summed E-state index contributed by atoms with van der Waals surface area (Å²) in [4.78, 5) is 0.369. The fraction of sp³-hybridized carbons (Fsp3) is 0.400. The summed E-state index contributed by atoms with van der Waals surface area (Å²) >= 11 is 3.84. The summed E-state index contributed by atoms with van der Waals surface area (Å²) in [7, 11) is 0. The quantitative estimate of drug-likeness (QED) is 0.574. The van der Waals surface area contributed by atoms with E-state index in [1.807, 2.05) is 0 Å². The molecule has 0 aromatic heterocycles. The molecule has 0 aliphatic rings. The van der Waals surface area contributed by atoms with Crippen molar-refractivity contribution < 1.29 is 0 Å². The third-order valence-electron chi connectivity index (χ3n) is 4.12. The van der Waals surface area contributed by atoms with E-state index in [0.717, 1.165) is 6.42 Å². The van der Waals surface area contributed by atoms with Crippen molar-refractivity contribution >= 4 is 15.9 Å². The Bertz CT molecular complexity index is 603. The molecule has 0 fully saturated rings. The molecule has 2 rings (SSSR count). The molecular formula is C20H25Br. The van der Waals surface area contributed by atoms with Crippen LogP contribution in [0.1, 0.15) is 53.4 Å². The van der Waals surface area contributed by atoms with Crippen LogP contribution in [0, 0.1) is 13.8 Å². The average molecular weight is 345 g/mol. The highest BCUT2D eigenvalue weighted by atomic mass is 79.9. The molecule has 0 bridgehead atoms. The molecular weight excluding hydrogens is 320 g/mol. The Kier molecular flexibility index (Phi) is 4.93. The fourth-order valence-electron chi connectivity index (χ4n) is 2.45. The van der Waals surface area contributed by atoms with Crippen LogP contribution in [-0.2, 0) is 11.8 Å². The number of hydrogen-bond donors (Lipinski definition) is 0. The van der Waals surface area contributed by atoms with E-state index >= 15 is 0 Å². The summed E-state index contributed by atoms with van der Waals surface area (Å²) < 4.78 is 0. The number of aryl methyl sites for hydroxylation is 2. The zero-order chi connectivity index (χ0) is 15.6. The standard InChI is InChI=1S/C20H25Br/c1-14-6-7-16(12-15(14)2)13-19(21)17-8-10-18(11-9-17)20(3,4)5/h6-12,19H,13H2,1-5H3. The van der Waals surface area contributed by atoms with E-state index in [2.05, 4.69) is 93.0 Å². The largest absolute Gasteiger partial charge is 0.0835 e. The fourth-order valence-corrected chi connectivity index (χ4v) is 3.13. The third-order valence-corrected chi connectivity index (χ3v) is 4.98. The second-order valence-electron chi connectivity index (χ2n) is 6.96. The van der Waals surface area contributed by atoms with Crippen molar-refractivity contribution in [3.8, 4) is 0 Å². The highest BCUT2D eigenvalue weighted by Crippen LogP contribution is 2.30. The van der Waals surface area contributed by atoms with Crippen molar-refractivity contribution in [3.05, 3.63) is 70.3 Å². The van der Waals surface area contributed by atoms with Gasteiger partial charge in [0.15, 0.2) is 0 Å². The maximum atomic E-state index is 3.84. The molecule has 2 aromatic carbocycles. The lowest BCUT2D eigenvalue weighted by Gasteiger charge is -2.20. The Morgan fingerprint density at radius 1 is 0.905 bits per heavy atom. The highest BCUT2D eigenvalue weighted by Gasteiger charge is 2.15. The molecule has 0 N–H and O–H groups in total. The summed E-state index contributed by atoms with van der Waals surface area (Å²) in [6.45, 7) is 11.1. The molecule has 0 saturated carbocycles. The van der Waals surface area contributed by atoms with Crippen molar-refractivity contribution in [2.24, 2.45) is 0 Å². The van der Waals surface area contributed by atoms with Crippen LogP contribution in [-0.4, -0.2) is 0 Å². The molecule has 0 heterocycles. The number of alkyl halides is 1. The monoisotopic (exact) mass is 344 g/mol. The lowest BCUT2D eigenvalue weighted by molar-refractivity contribution is 0.590. The summed E-state index contributed by atoms with van der Waals surface area (Å²) in [6, 6.07) is 15.8. The molecule has 0 amide bonds. The maximum absolute atomic E-state index is 3.84. The van der Waals surface area contributed by atoms with Crippen molar-refractivity contribution in [1.29, 1.82) is 0 Å². The minimum Gasteiger partial charge on any atom is -0.0835 e. The van der Waals surface area contributed by atoms with Gasteiger partial charge in [-0.15, -0.1) is 0 Å². The summed E-state index contributed by atoms with van der Waals surface area (Å²) in [6.07, 6.45) is 1.02. The van der Waals surface area contributed by atoms with Gasteiger partial charge < -0.3 is 0 Å². The first kappa shape index (κ1) is 16.3. The van der Waals surface area contributed by atoms with Gasteiger partial charge in [0.05, 0.1) is 0 Å². The second kappa shape index (κ2) is 6.36. The lowest BCUT2D eigenvalue weighted by Crippen LogP contribution is -2.10. The van der Waals surface area contributed by atoms with E-state index < -0.39 is 0 Å². The van der Waals surface area contributed by atoms with Gasteiger partial charge >= 0.3 is 0 Å². The number of hydrogen-bond acceptors (Lipinski definition) is 0. The van der Waals surface area contributed by atoms with Crippen LogP contribution in [0.25, 0.3) is 0 Å². The van der Waals surface area contributed by atoms with Gasteiger partial charge in [-0.05, 0) is 53.5 Å². The van der Waals surface area contributed by atoms with Crippen LogP contribution >= 0.6 is 15.9 Å². The zero-order valence-electron chi connectivity index (χ0n) is 13.7. The Morgan fingerprint density at radius 2 is 1.52 bits per heavy atom. The first-order valence-electron chi connectivity index (χ1n) is 7.58. The second-order valence-corrected chi connectivity index (χ2v) is 8.07. The number of halogens is 1. The molecule has 0 nitrogen and oxygen atoms in total. The van der Waals surface area contributed by atoms with Gasteiger partial charge in [-0.2, -0.15) is 0 Å². The molecule has 21 heavy (non-hydrogen) atoms. The molecule has 0 aliphatic carbocycles. The molecule has 0 saturated heterocycles. The summed E-state index contributed by atoms with van der Waals surface area (Å²) in [5.41, 5.74) is 7.07. The highest BCUT2D eigenvalue weighted by molar-refractivity contribution is 9.09. The molecule has 1 heteroatoms. The normalized spacial score (nSPS) is 13.2. The van der Waals surface area contributed by atoms with Crippen molar-refractivity contribution in [2.45, 2.75) is 51.3 Å². The minimum atomic E-state index is 0.217. The zero-order valence-corrected chi connectivity index (χ0v) is 15.3. The Morgan fingerprint density at radius 3 is 2.05 bits per heavy atom. The van der Waals surface area contributed by atoms with Gasteiger partial charge in [-0.25, -0.2) is 0 Å². The summed E-state index contributed by atoms with van der Waals surface area (Å²) in [5, 5.41) is 0. The van der Waals surface area contributed by atoms with Crippen LogP contribution in [0.5, 0.6) is 0 Å². The molecule has 0 aliphatic heterocycles. The van der Waals surface area contributed by atoms with E-state index in [9.17, 15) is 0 Å². The predicted molar refractivity (Wildman–Crippen MR) is 96.4 cm³/mol. The van der Waals surface area contributed by atoms with Crippen LogP contribution in [0.2, 0.25) is 0 Å². The minimum absolute atomic E-state index is 0.217. The molecule has 112 valence electrons.